The fourth-order valence-electron chi connectivity index (χ4n) is 1.44. The second kappa shape index (κ2) is 3.20. The van der Waals surface area contributed by atoms with Crippen molar-refractivity contribution in [1.82, 2.24) is 15.0 Å². The van der Waals surface area contributed by atoms with E-state index in [4.69, 9.17) is 4.42 Å². The topological polar surface area (TPSA) is 54.7 Å². The van der Waals surface area contributed by atoms with Crippen molar-refractivity contribution in [3.63, 3.8) is 0 Å². The Morgan fingerprint density at radius 3 is 3.00 bits per heavy atom. The fraction of sp³-hybridized carbons (Fsp3) is 0. The first kappa shape index (κ1) is 8.67. The lowest BCUT2D eigenvalue weighted by atomic mass is 10.3. The fourth-order valence-corrected chi connectivity index (χ4v) is 1.86. The van der Waals surface area contributed by atoms with Crippen LogP contribution in [0.3, 0.4) is 0 Å². The summed E-state index contributed by atoms with van der Waals surface area (Å²) >= 11 is 3.31. The molecule has 0 aliphatic heterocycles. The monoisotopic (exact) mass is 263 g/mol. The van der Waals surface area contributed by atoms with Gasteiger partial charge in [-0.15, -0.1) is 0 Å². The molecular weight excluding hydrogens is 258 g/mol. The van der Waals surface area contributed by atoms with Gasteiger partial charge in [0.25, 0.3) is 0 Å². The Kier molecular flexibility index (Phi) is 1.85. The Bertz CT molecular complexity index is 581. The van der Waals surface area contributed by atoms with Crippen molar-refractivity contribution < 1.29 is 4.42 Å². The number of halogens is 1. The molecule has 0 saturated carbocycles. The number of fused-ring (bicyclic) bond motifs is 1. The van der Waals surface area contributed by atoms with Crippen LogP contribution in [0.25, 0.3) is 22.6 Å². The quantitative estimate of drug-likeness (QED) is 0.735. The van der Waals surface area contributed by atoms with E-state index >= 15 is 0 Å². The highest BCUT2D eigenvalue weighted by Crippen LogP contribution is 2.27. The van der Waals surface area contributed by atoms with E-state index in [1.807, 2.05) is 18.2 Å². The van der Waals surface area contributed by atoms with E-state index in [0.29, 0.717) is 10.3 Å². The zero-order valence-corrected chi connectivity index (χ0v) is 9.15. The van der Waals surface area contributed by atoms with Gasteiger partial charge in [-0.2, -0.15) is 0 Å². The van der Waals surface area contributed by atoms with Gasteiger partial charge in [0.1, 0.15) is 5.82 Å². The van der Waals surface area contributed by atoms with E-state index in [9.17, 15) is 0 Å². The van der Waals surface area contributed by atoms with Crippen molar-refractivity contribution in [2.75, 3.05) is 0 Å². The lowest BCUT2D eigenvalue weighted by Crippen LogP contribution is -1.76. The second-order valence-corrected chi connectivity index (χ2v) is 3.79. The molecule has 3 heterocycles. The third kappa shape index (κ3) is 1.35. The van der Waals surface area contributed by atoms with Crippen LogP contribution in [0.5, 0.6) is 0 Å². The number of nitrogens with zero attached hydrogens (tertiary/aromatic N) is 2. The van der Waals surface area contributed by atoms with E-state index in [1.165, 1.54) is 0 Å². The maximum absolute atomic E-state index is 5.15. The van der Waals surface area contributed by atoms with Gasteiger partial charge in [0.15, 0.2) is 10.3 Å². The maximum atomic E-state index is 5.15. The van der Waals surface area contributed by atoms with Crippen molar-refractivity contribution in [3.05, 3.63) is 35.3 Å². The molecule has 0 unspecified atom stereocenters. The van der Waals surface area contributed by atoms with E-state index in [0.717, 1.165) is 16.9 Å². The second-order valence-electron chi connectivity index (χ2n) is 3.07. The van der Waals surface area contributed by atoms with Crippen LogP contribution in [0.2, 0.25) is 0 Å². The highest BCUT2D eigenvalue weighted by Gasteiger charge is 2.10. The molecule has 0 atom stereocenters. The van der Waals surface area contributed by atoms with Gasteiger partial charge in [-0.25, -0.2) is 9.97 Å². The third-order valence-electron chi connectivity index (χ3n) is 2.13. The van der Waals surface area contributed by atoms with Crippen molar-refractivity contribution >= 4 is 27.1 Å². The largest absolute Gasteiger partial charge is 0.457 e. The summed E-state index contributed by atoms with van der Waals surface area (Å²) in [6.07, 6.45) is 3.33. The molecule has 0 aliphatic carbocycles. The number of furan rings is 1. The van der Waals surface area contributed by atoms with Gasteiger partial charge in [-0.05, 0) is 34.1 Å². The van der Waals surface area contributed by atoms with Crippen LogP contribution in [-0.2, 0) is 0 Å². The molecule has 0 amide bonds. The Morgan fingerprint density at radius 1 is 1.33 bits per heavy atom. The number of aromatic nitrogens is 3. The zero-order chi connectivity index (χ0) is 10.3. The predicted octanol–water partition coefficient (Wildman–Crippen LogP) is 2.98. The van der Waals surface area contributed by atoms with Crippen LogP contribution < -0.4 is 0 Å². The van der Waals surface area contributed by atoms with E-state index in [-0.39, 0.29) is 0 Å². The Hall–Kier alpha value is -1.62. The summed E-state index contributed by atoms with van der Waals surface area (Å²) in [6, 6.07) is 5.66. The molecule has 0 radical (unpaired) electrons. The summed E-state index contributed by atoms with van der Waals surface area (Å²) in [5.74, 6) is 0.754. The SMILES string of the molecule is Brc1occc1-c1nc2ncccc2[nH]1. The van der Waals surface area contributed by atoms with Crippen molar-refractivity contribution in [2.45, 2.75) is 0 Å². The number of H-pyrrole nitrogens is 1. The molecule has 74 valence electrons. The molecular formula is C10H6BrN3O. The van der Waals surface area contributed by atoms with Crippen molar-refractivity contribution in [1.29, 1.82) is 0 Å². The molecule has 0 aliphatic rings. The van der Waals surface area contributed by atoms with Crippen molar-refractivity contribution in [2.24, 2.45) is 0 Å². The number of rotatable bonds is 1. The lowest BCUT2D eigenvalue weighted by molar-refractivity contribution is 0.542. The lowest BCUT2D eigenvalue weighted by Gasteiger charge is -1.88. The van der Waals surface area contributed by atoms with Crippen molar-refractivity contribution in [3.8, 4) is 11.4 Å². The number of imidazole rings is 1. The minimum Gasteiger partial charge on any atom is -0.457 e. The first-order valence-electron chi connectivity index (χ1n) is 4.39. The minimum absolute atomic E-state index is 0.668. The first-order chi connectivity index (χ1) is 7.34. The normalized spacial score (nSPS) is 11.0. The maximum Gasteiger partial charge on any atom is 0.179 e. The standard InChI is InChI=1S/C10H6BrN3O/c11-8-6(3-5-15-8)9-13-7-2-1-4-12-10(7)14-9/h1-5H,(H,12,13,14). The average Bonchev–Trinajstić information content (AvgIpc) is 2.82. The van der Waals surface area contributed by atoms with Crippen LogP contribution in [0.1, 0.15) is 0 Å². The molecule has 4 nitrogen and oxygen atoms in total. The molecule has 0 fully saturated rings. The number of aromatic amines is 1. The third-order valence-corrected chi connectivity index (χ3v) is 2.74. The molecule has 15 heavy (non-hydrogen) atoms. The predicted molar refractivity (Wildman–Crippen MR) is 59.3 cm³/mol. The summed E-state index contributed by atoms with van der Waals surface area (Å²) in [6.45, 7) is 0. The van der Waals surface area contributed by atoms with Gasteiger partial charge in [0.05, 0.1) is 17.3 Å². The van der Waals surface area contributed by atoms with E-state index < -0.39 is 0 Å². The Balaban J connectivity index is 2.24. The molecule has 3 rings (SSSR count). The van der Waals surface area contributed by atoms with Gasteiger partial charge in [-0.1, -0.05) is 0 Å². The van der Waals surface area contributed by atoms with Crippen LogP contribution in [0.15, 0.2) is 39.7 Å². The van der Waals surface area contributed by atoms with Gasteiger partial charge in [0, 0.05) is 6.20 Å². The van der Waals surface area contributed by atoms with Gasteiger partial charge < -0.3 is 9.40 Å². The van der Waals surface area contributed by atoms with Gasteiger partial charge in [-0.3, -0.25) is 0 Å². The number of nitrogens with one attached hydrogen (secondary N) is 1. The number of hydrogen-bond donors (Lipinski definition) is 1. The Labute approximate surface area is 93.5 Å². The molecule has 5 heteroatoms. The van der Waals surface area contributed by atoms with Crippen LogP contribution in [-0.4, -0.2) is 15.0 Å². The zero-order valence-electron chi connectivity index (χ0n) is 7.57. The summed E-state index contributed by atoms with van der Waals surface area (Å²) in [7, 11) is 0. The van der Waals surface area contributed by atoms with Gasteiger partial charge in [0.2, 0.25) is 0 Å². The molecule has 3 aromatic rings. The van der Waals surface area contributed by atoms with Crippen LogP contribution in [0, 0.1) is 0 Å². The molecule has 3 aromatic heterocycles. The van der Waals surface area contributed by atoms with E-state index in [1.54, 1.807) is 12.5 Å². The molecule has 1 N–H and O–H groups in total. The highest BCUT2D eigenvalue weighted by molar-refractivity contribution is 9.10. The molecule has 0 saturated heterocycles. The highest BCUT2D eigenvalue weighted by atomic mass is 79.9. The van der Waals surface area contributed by atoms with Crippen LogP contribution >= 0.6 is 15.9 Å². The van der Waals surface area contributed by atoms with Gasteiger partial charge >= 0.3 is 0 Å². The average molecular weight is 264 g/mol. The smallest absolute Gasteiger partial charge is 0.179 e. The first-order valence-corrected chi connectivity index (χ1v) is 5.18. The van der Waals surface area contributed by atoms with E-state index in [2.05, 4.69) is 30.9 Å². The summed E-state index contributed by atoms with van der Waals surface area (Å²) in [4.78, 5) is 11.7. The number of pyridine rings is 1. The molecule has 0 spiro atoms. The minimum atomic E-state index is 0.668. The van der Waals surface area contributed by atoms with Crippen LogP contribution in [0.4, 0.5) is 0 Å². The summed E-state index contributed by atoms with van der Waals surface area (Å²) in [5, 5.41) is 0. The summed E-state index contributed by atoms with van der Waals surface area (Å²) in [5.41, 5.74) is 2.52. The molecule has 0 aromatic carbocycles. The Morgan fingerprint density at radius 2 is 2.27 bits per heavy atom. The number of hydrogen-bond acceptors (Lipinski definition) is 3. The summed E-state index contributed by atoms with van der Waals surface area (Å²) < 4.78 is 5.82. The molecule has 0 bridgehead atoms.